The van der Waals surface area contributed by atoms with Crippen molar-refractivity contribution in [2.24, 2.45) is 0 Å². The topological polar surface area (TPSA) is 37.8 Å². The second kappa shape index (κ2) is 5.88. The van der Waals surface area contributed by atoms with Gasteiger partial charge in [-0.25, -0.2) is 0 Å². The third-order valence-electron chi connectivity index (χ3n) is 3.19. The Balaban J connectivity index is 1.69. The maximum absolute atomic E-state index is 5.88. The Kier molecular flexibility index (Phi) is 3.79. The van der Waals surface area contributed by atoms with Gasteiger partial charge < -0.3 is 5.32 Å². The van der Waals surface area contributed by atoms with Crippen molar-refractivity contribution in [2.45, 2.75) is 6.42 Å². The minimum atomic E-state index is 0.769. The molecule has 0 aliphatic heterocycles. The number of hydrogen-bond acceptors (Lipinski definition) is 3. The van der Waals surface area contributed by atoms with Crippen molar-refractivity contribution in [3.05, 3.63) is 65.3 Å². The summed E-state index contributed by atoms with van der Waals surface area (Å²) in [5.41, 5.74) is 3.18. The Labute approximate surface area is 122 Å². The lowest BCUT2D eigenvalue weighted by Crippen LogP contribution is -2.06. The van der Waals surface area contributed by atoms with Crippen molar-refractivity contribution in [3.63, 3.8) is 0 Å². The molecule has 4 heteroatoms. The fraction of sp³-hybridized carbons (Fsp3) is 0.125. The molecule has 0 radical (unpaired) electrons. The van der Waals surface area contributed by atoms with Gasteiger partial charge in [-0.1, -0.05) is 41.9 Å². The summed E-state index contributed by atoms with van der Waals surface area (Å²) in [6, 6.07) is 15.9. The second-order valence-corrected chi connectivity index (χ2v) is 5.02. The van der Waals surface area contributed by atoms with Gasteiger partial charge in [0, 0.05) is 17.0 Å². The first-order valence-corrected chi connectivity index (χ1v) is 6.89. The van der Waals surface area contributed by atoms with Crippen molar-refractivity contribution in [2.75, 3.05) is 11.9 Å². The summed E-state index contributed by atoms with van der Waals surface area (Å²) in [6.45, 7) is 0.845. The molecule has 0 saturated heterocycles. The summed E-state index contributed by atoms with van der Waals surface area (Å²) in [4.78, 5) is 0. The predicted octanol–water partition coefficient (Wildman–Crippen LogP) is 3.94. The zero-order valence-corrected chi connectivity index (χ0v) is 11.6. The summed E-state index contributed by atoms with van der Waals surface area (Å²) in [5.74, 6) is 0. The molecule has 0 saturated carbocycles. The minimum absolute atomic E-state index is 0.769. The maximum atomic E-state index is 5.88. The fourth-order valence-corrected chi connectivity index (χ4v) is 2.27. The first kappa shape index (κ1) is 12.9. The van der Waals surface area contributed by atoms with E-state index in [0.29, 0.717) is 0 Å². The standard InChI is InChI=1S/C16H14ClN3/c17-13-7-5-12(6-8-13)9-10-18-16-11-19-20-15-4-2-1-3-14(15)16/h1-8,11H,9-10H2,(H,18,20). The Morgan fingerprint density at radius 2 is 1.80 bits per heavy atom. The summed E-state index contributed by atoms with van der Waals surface area (Å²) in [6.07, 6.45) is 2.71. The van der Waals surface area contributed by atoms with Crippen LogP contribution in [-0.2, 0) is 6.42 Å². The third-order valence-corrected chi connectivity index (χ3v) is 3.44. The van der Waals surface area contributed by atoms with Crippen molar-refractivity contribution in [1.82, 2.24) is 10.2 Å². The lowest BCUT2D eigenvalue weighted by atomic mass is 10.1. The lowest BCUT2D eigenvalue weighted by molar-refractivity contribution is 1.01. The average Bonchev–Trinajstić information content (AvgIpc) is 2.49. The molecule has 0 spiro atoms. The number of benzene rings is 2. The van der Waals surface area contributed by atoms with Crippen molar-refractivity contribution >= 4 is 28.2 Å². The van der Waals surface area contributed by atoms with Crippen LogP contribution in [0.4, 0.5) is 5.69 Å². The fourth-order valence-electron chi connectivity index (χ4n) is 2.14. The van der Waals surface area contributed by atoms with Gasteiger partial charge in [0.15, 0.2) is 0 Å². The largest absolute Gasteiger partial charge is 0.383 e. The number of fused-ring (bicyclic) bond motifs is 1. The average molecular weight is 284 g/mol. The molecular weight excluding hydrogens is 270 g/mol. The maximum Gasteiger partial charge on any atom is 0.0950 e. The van der Waals surface area contributed by atoms with Crippen LogP contribution in [-0.4, -0.2) is 16.7 Å². The number of nitrogens with one attached hydrogen (secondary N) is 1. The van der Waals surface area contributed by atoms with Gasteiger partial charge in [-0.3, -0.25) is 0 Å². The van der Waals surface area contributed by atoms with E-state index < -0.39 is 0 Å². The van der Waals surface area contributed by atoms with Gasteiger partial charge in [0.1, 0.15) is 0 Å². The van der Waals surface area contributed by atoms with E-state index in [1.807, 2.05) is 42.5 Å². The smallest absolute Gasteiger partial charge is 0.0950 e. The van der Waals surface area contributed by atoms with E-state index >= 15 is 0 Å². The van der Waals surface area contributed by atoms with Gasteiger partial charge in [-0.15, -0.1) is 0 Å². The molecule has 1 N–H and O–H groups in total. The van der Waals surface area contributed by atoms with Crippen LogP contribution in [0.15, 0.2) is 54.7 Å². The number of rotatable bonds is 4. The Morgan fingerprint density at radius 3 is 2.65 bits per heavy atom. The molecule has 3 aromatic rings. The van der Waals surface area contributed by atoms with Crippen LogP contribution in [0.25, 0.3) is 10.9 Å². The van der Waals surface area contributed by atoms with Crippen LogP contribution in [0.5, 0.6) is 0 Å². The Hall–Kier alpha value is -2.13. The monoisotopic (exact) mass is 283 g/mol. The summed E-state index contributed by atoms with van der Waals surface area (Å²) in [7, 11) is 0. The first-order chi connectivity index (χ1) is 9.83. The molecular formula is C16H14ClN3. The Morgan fingerprint density at radius 1 is 1.00 bits per heavy atom. The van der Waals surface area contributed by atoms with Gasteiger partial charge in [0.2, 0.25) is 0 Å². The van der Waals surface area contributed by atoms with E-state index in [4.69, 9.17) is 11.6 Å². The minimum Gasteiger partial charge on any atom is -0.383 e. The summed E-state index contributed by atoms with van der Waals surface area (Å²) < 4.78 is 0. The highest BCUT2D eigenvalue weighted by Crippen LogP contribution is 2.19. The zero-order chi connectivity index (χ0) is 13.8. The number of halogens is 1. The van der Waals surface area contributed by atoms with E-state index in [1.165, 1.54) is 5.56 Å². The molecule has 1 aromatic heterocycles. The van der Waals surface area contributed by atoms with Gasteiger partial charge in [-0.05, 0) is 30.2 Å². The molecule has 0 aliphatic rings. The Bertz CT molecular complexity index is 705. The molecule has 100 valence electrons. The van der Waals surface area contributed by atoms with E-state index in [0.717, 1.165) is 34.6 Å². The van der Waals surface area contributed by atoms with Crippen LogP contribution in [0.1, 0.15) is 5.56 Å². The molecule has 0 unspecified atom stereocenters. The first-order valence-electron chi connectivity index (χ1n) is 6.52. The molecule has 20 heavy (non-hydrogen) atoms. The van der Waals surface area contributed by atoms with E-state index in [-0.39, 0.29) is 0 Å². The number of nitrogens with zero attached hydrogens (tertiary/aromatic N) is 2. The SMILES string of the molecule is Clc1ccc(CCNc2cnnc3ccccc23)cc1. The number of aromatic nitrogens is 2. The molecule has 1 heterocycles. The molecule has 3 nitrogen and oxygen atoms in total. The van der Waals surface area contributed by atoms with Crippen LogP contribution in [0, 0.1) is 0 Å². The van der Waals surface area contributed by atoms with Gasteiger partial charge >= 0.3 is 0 Å². The van der Waals surface area contributed by atoms with Gasteiger partial charge in [0.25, 0.3) is 0 Å². The summed E-state index contributed by atoms with van der Waals surface area (Å²) in [5, 5.41) is 13.4. The normalized spacial score (nSPS) is 10.7. The molecule has 0 aliphatic carbocycles. The van der Waals surface area contributed by atoms with E-state index in [2.05, 4.69) is 21.6 Å². The highest BCUT2D eigenvalue weighted by Gasteiger charge is 2.01. The number of anilines is 1. The van der Waals surface area contributed by atoms with Crippen LogP contribution < -0.4 is 5.32 Å². The van der Waals surface area contributed by atoms with Crippen molar-refractivity contribution in [3.8, 4) is 0 Å². The highest BCUT2D eigenvalue weighted by atomic mass is 35.5. The molecule has 3 rings (SSSR count). The third kappa shape index (κ3) is 2.89. The van der Waals surface area contributed by atoms with E-state index in [9.17, 15) is 0 Å². The highest BCUT2D eigenvalue weighted by molar-refractivity contribution is 6.30. The van der Waals surface area contributed by atoms with Crippen molar-refractivity contribution in [1.29, 1.82) is 0 Å². The predicted molar refractivity (Wildman–Crippen MR) is 83.2 cm³/mol. The zero-order valence-electron chi connectivity index (χ0n) is 10.9. The quantitative estimate of drug-likeness (QED) is 0.788. The molecule has 2 aromatic carbocycles. The van der Waals surface area contributed by atoms with Gasteiger partial charge in [0.05, 0.1) is 17.4 Å². The summed E-state index contributed by atoms with van der Waals surface area (Å²) >= 11 is 5.88. The molecule has 0 amide bonds. The lowest BCUT2D eigenvalue weighted by Gasteiger charge is -2.08. The molecule has 0 bridgehead atoms. The second-order valence-electron chi connectivity index (χ2n) is 4.58. The molecule has 0 fully saturated rings. The van der Waals surface area contributed by atoms with Gasteiger partial charge in [-0.2, -0.15) is 10.2 Å². The van der Waals surface area contributed by atoms with Crippen LogP contribution in [0.2, 0.25) is 5.02 Å². The molecule has 0 atom stereocenters. The van der Waals surface area contributed by atoms with E-state index in [1.54, 1.807) is 6.20 Å². The number of hydrogen-bond donors (Lipinski definition) is 1. The van der Waals surface area contributed by atoms with Crippen LogP contribution in [0.3, 0.4) is 0 Å². The van der Waals surface area contributed by atoms with Crippen molar-refractivity contribution < 1.29 is 0 Å². The van der Waals surface area contributed by atoms with Crippen LogP contribution >= 0.6 is 11.6 Å².